The van der Waals surface area contributed by atoms with Crippen LogP contribution in [-0.2, 0) is 11.3 Å². The normalized spacial score (nSPS) is 26.6. The number of carbonyl (C=O) groups excluding carboxylic acids is 1. The molecule has 0 bridgehead atoms. The van der Waals surface area contributed by atoms with Crippen molar-refractivity contribution in [2.75, 3.05) is 23.0 Å². The highest BCUT2D eigenvalue weighted by molar-refractivity contribution is 7.99. The van der Waals surface area contributed by atoms with E-state index in [1.165, 1.54) is 5.75 Å². The Labute approximate surface area is 123 Å². The Morgan fingerprint density at radius 1 is 1.35 bits per heavy atom. The number of anilines is 1. The van der Waals surface area contributed by atoms with E-state index in [2.05, 4.69) is 0 Å². The van der Waals surface area contributed by atoms with Crippen LogP contribution in [0, 0.1) is 0 Å². The van der Waals surface area contributed by atoms with Crippen molar-refractivity contribution in [3.05, 3.63) is 29.8 Å². The highest BCUT2D eigenvalue weighted by Crippen LogP contribution is 2.37. The highest BCUT2D eigenvalue weighted by atomic mass is 32.2. The quantitative estimate of drug-likeness (QED) is 0.910. The van der Waals surface area contributed by atoms with Crippen molar-refractivity contribution in [1.29, 1.82) is 0 Å². The average Bonchev–Trinajstić information content (AvgIpc) is 2.48. The maximum Gasteiger partial charge on any atom is 0.414 e. The molecule has 2 N–H and O–H groups in total. The second-order valence-corrected chi connectivity index (χ2v) is 6.55. The standard InChI is InChI=1S/C15H20N2O2S/c16-10-12-4-1-2-5-13(12)17-8-7-15(19-14(17)18)6-3-9-20-11-15/h1-2,4-5H,3,6-11,16H2. The van der Waals surface area contributed by atoms with E-state index in [0.717, 1.165) is 42.8 Å². The lowest BCUT2D eigenvalue weighted by molar-refractivity contribution is 0.00461. The van der Waals surface area contributed by atoms with Gasteiger partial charge >= 0.3 is 6.09 Å². The summed E-state index contributed by atoms with van der Waals surface area (Å²) in [6.07, 6.45) is 2.82. The van der Waals surface area contributed by atoms with E-state index in [0.29, 0.717) is 6.54 Å². The van der Waals surface area contributed by atoms with Gasteiger partial charge in [-0.05, 0) is 30.2 Å². The minimum absolute atomic E-state index is 0.223. The number of hydrogen-bond acceptors (Lipinski definition) is 4. The van der Waals surface area contributed by atoms with Gasteiger partial charge in [-0.15, -0.1) is 0 Å². The Morgan fingerprint density at radius 2 is 2.20 bits per heavy atom. The molecule has 3 rings (SSSR count). The number of hydrogen-bond donors (Lipinski definition) is 1. The van der Waals surface area contributed by atoms with Gasteiger partial charge in [0.2, 0.25) is 0 Å². The number of benzene rings is 1. The van der Waals surface area contributed by atoms with E-state index in [-0.39, 0.29) is 11.7 Å². The summed E-state index contributed by atoms with van der Waals surface area (Å²) < 4.78 is 5.81. The summed E-state index contributed by atoms with van der Waals surface area (Å²) in [5, 5.41) is 0. The van der Waals surface area contributed by atoms with Crippen molar-refractivity contribution >= 4 is 23.5 Å². The molecule has 0 saturated carbocycles. The average molecular weight is 292 g/mol. The first-order valence-electron chi connectivity index (χ1n) is 7.10. The van der Waals surface area contributed by atoms with Crippen molar-refractivity contribution in [2.45, 2.75) is 31.4 Å². The number of amides is 1. The molecule has 1 amide bonds. The predicted molar refractivity (Wildman–Crippen MR) is 82.1 cm³/mol. The number of para-hydroxylation sites is 1. The summed E-state index contributed by atoms with van der Waals surface area (Å²) in [6, 6.07) is 7.78. The molecule has 0 aliphatic carbocycles. The van der Waals surface area contributed by atoms with E-state index in [1.54, 1.807) is 4.90 Å². The second-order valence-electron chi connectivity index (χ2n) is 5.44. The molecule has 1 aromatic carbocycles. The molecular weight excluding hydrogens is 272 g/mol. The SMILES string of the molecule is NCc1ccccc1N1CCC2(CCCSC2)OC1=O. The van der Waals surface area contributed by atoms with E-state index in [9.17, 15) is 4.79 Å². The molecule has 108 valence electrons. The second kappa shape index (κ2) is 5.66. The fourth-order valence-electron chi connectivity index (χ4n) is 2.97. The lowest BCUT2D eigenvalue weighted by atomic mass is 9.93. The minimum Gasteiger partial charge on any atom is -0.442 e. The van der Waals surface area contributed by atoms with Gasteiger partial charge in [0.15, 0.2) is 0 Å². The summed E-state index contributed by atoms with van der Waals surface area (Å²) in [5.41, 5.74) is 7.40. The topological polar surface area (TPSA) is 55.6 Å². The van der Waals surface area contributed by atoms with Crippen molar-refractivity contribution in [3.8, 4) is 0 Å². The fourth-order valence-corrected chi connectivity index (χ4v) is 4.18. The molecule has 20 heavy (non-hydrogen) atoms. The third kappa shape index (κ3) is 2.52. The van der Waals surface area contributed by atoms with Gasteiger partial charge in [0, 0.05) is 25.3 Å². The first-order chi connectivity index (χ1) is 9.74. The van der Waals surface area contributed by atoms with Gasteiger partial charge in [0.1, 0.15) is 5.60 Å². The molecule has 4 nitrogen and oxygen atoms in total. The largest absolute Gasteiger partial charge is 0.442 e. The third-order valence-electron chi connectivity index (χ3n) is 4.10. The van der Waals surface area contributed by atoms with Gasteiger partial charge < -0.3 is 10.5 Å². The molecule has 1 atom stereocenters. The molecule has 0 aromatic heterocycles. The first-order valence-corrected chi connectivity index (χ1v) is 8.26. The molecule has 5 heteroatoms. The molecule has 2 aliphatic rings. The predicted octanol–water partition coefficient (Wildman–Crippen LogP) is 2.76. The molecule has 2 heterocycles. The lowest BCUT2D eigenvalue weighted by Crippen LogP contribution is -2.52. The summed E-state index contributed by atoms with van der Waals surface area (Å²) in [4.78, 5) is 14.1. The van der Waals surface area contributed by atoms with Gasteiger partial charge in [-0.3, -0.25) is 4.90 Å². The number of nitrogens with zero attached hydrogens (tertiary/aromatic N) is 1. The first kappa shape index (κ1) is 13.8. The van der Waals surface area contributed by atoms with Crippen LogP contribution in [0.25, 0.3) is 0 Å². The van der Waals surface area contributed by atoms with Crippen molar-refractivity contribution in [1.82, 2.24) is 0 Å². The molecule has 1 unspecified atom stereocenters. The van der Waals surface area contributed by atoms with Crippen LogP contribution >= 0.6 is 11.8 Å². The monoisotopic (exact) mass is 292 g/mol. The van der Waals surface area contributed by atoms with Crippen LogP contribution in [0.5, 0.6) is 0 Å². The molecule has 2 aliphatic heterocycles. The molecule has 1 spiro atoms. The zero-order chi connectivity index (χ0) is 14.0. The highest BCUT2D eigenvalue weighted by Gasteiger charge is 2.42. The van der Waals surface area contributed by atoms with Gasteiger partial charge in [0.05, 0.1) is 5.69 Å². The zero-order valence-electron chi connectivity index (χ0n) is 11.5. The Balaban J connectivity index is 1.79. The fraction of sp³-hybridized carbons (Fsp3) is 0.533. The van der Waals surface area contributed by atoms with Crippen LogP contribution in [-0.4, -0.2) is 29.7 Å². The van der Waals surface area contributed by atoms with Gasteiger partial charge in [-0.1, -0.05) is 18.2 Å². The maximum absolute atomic E-state index is 12.4. The number of rotatable bonds is 2. The van der Waals surface area contributed by atoms with E-state index >= 15 is 0 Å². The Bertz CT molecular complexity index is 500. The van der Waals surface area contributed by atoms with Crippen molar-refractivity contribution in [2.24, 2.45) is 5.73 Å². The van der Waals surface area contributed by atoms with Crippen molar-refractivity contribution in [3.63, 3.8) is 0 Å². The third-order valence-corrected chi connectivity index (χ3v) is 5.41. The van der Waals surface area contributed by atoms with E-state index < -0.39 is 0 Å². The smallest absolute Gasteiger partial charge is 0.414 e. The van der Waals surface area contributed by atoms with E-state index in [1.807, 2.05) is 36.0 Å². The van der Waals surface area contributed by atoms with Crippen LogP contribution in [0.15, 0.2) is 24.3 Å². The van der Waals surface area contributed by atoms with Gasteiger partial charge in [0.25, 0.3) is 0 Å². The summed E-state index contributed by atoms with van der Waals surface area (Å²) >= 11 is 1.89. The Hall–Kier alpha value is -1.20. The number of thioether (sulfide) groups is 1. The Morgan fingerprint density at radius 3 is 2.90 bits per heavy atom. The molecule has 1 aromatic rings. The van der Waals surface area contributed by atoms with E-state index in [4.69, 9.17) is 10.5 Å². The molecule has 2 saturated heterocycles. The van der Waals surface area contributed by atoms with Crippen molar-refractivity contribution < 1.29 is 9.53 Å². The minimum atomic E-state index is -0.228. The van der Waals surface area contributed by atoms with Gasteiger partial charge in [-0.25, -0.2) is 4.79 Å². The summed E-state index contributed by atoms with van der Waals surface area (Å²) in [5.74, 6) is 2.12. The zero-order valence-corrected chi connectivity index (χ0v) is 12.3. The maximum atomic E-state index is 12.4. The van der Waals surface area contributed by atoms with Crippen LogP contribution in [0.3, 0.4) is 0 Å². The van der Waals surface area contributed by atoms with Crippen LogP contribution in [0.4, 0.5) is 10.5 Å². The molecular formula is C15H20N2O2S. The molecule has 2 fully saturated rings. The lowest BCUT2D eigenvalue weighted by Gasteiger charge is -2.43. The summed E-state index contributed by atoms with van der Waals surface area (Å²) in [7, 11) is 0. The number of ether oxygens (including phenoxy) is 1. The van der Waals surface area contributed by atoms with Crippen LogP contribution in [0.2, 0.25) is 0 Å². The Kier molecular flexibility index (Phi) is 3.89. The number of nitrogens with two attached hydrogens (primary N) is 1. The van der Waals surface area contributed by atoms with Crippen LogP contribution in [0.1, 0.15) is 24.8 Å². The summed E-state index contributed by atoms with van der Waals surface area (Å²) in [6.45, 7) is 1.15. The number of carbonyl (C=O) groups is 1. The molecule has 0 radical (unpaired) electrons. The van der Waals surface area contributed by atoms with Crippen LogP contribution < -0.4 is 10.6 Å². The van der Waals surface area contributed by atoms with Gasteiger partial charge in [-0.2, -0.15) is 11.8 Å².